The smallest absolute Gasteiger partial charge is 0.157 e. The van der Waals surface area contributed by atoms with Gasteiger partial charge in [0, 0.05) is 13.3 Å². The van der Waals surface area contributed by atoms with E-state index in [-0.39, 0.29) is 0 Å². The summed E-state index contributed by atoms with van der Waals surface area (Å²) in [6.07, 6.45) is 1.87. The third-order valence-corrected chi connectivity index (χ3v) is 4.10. The summed E-state index contributed by atoms with van der Waals surface area (Å²) in [5, 5.41) is 4.10. The highest BCUT2D eigenvalue weighted by Crippen LogP contribution is 2.32. The fourth-order valence-electron chi connectivity index (χ4n) is 2.94. The molecule has 0 amide bonds. The molecule has 24 heavy (non-hydrogen) atoms. The normalized spacial score (nSPS) is 11.4. The van der Waals surface area contributed by atoms with Crippen molar-refractivity contribution in [1.29, 1.82) is 0 Å². The van der Waals surface area contributed by atoms with Crippen LogP contribution in [0.1, 0.15) is 22.7 Å². The van der Waals surface area contributed by atoms with Gasteiger partial charge in [-0.25, -0.2) is 0 Å². The van der Waals surface area contributed by atoms with Gasteiger partial charge in [-0.15, -0.1) is 0 Å². The molecule has 0 spiro atoms. The minimum atomic E-state index is 0.781. The van der Waals surface area contributed by atoms with E-state index in [4.69, 9.17) is 9.26 Å². The van der Waals surface area contributed by atoms with Crippen LogP contribution < -0.4 is 4.74 Å². The SMILES string of the molecule is CN=Cc1c(C)cc(-c2ccc(OC)cc2)n1-c1c(C)noc1C. The second-order valence-electron chi connectivity index (χ2n) is 5.72. The van der Waals surface area contributed by atoms with Gasteiger partial charge in [-0.05, 0) is 62.2 Å². The van der Waals surface area contributed by atoms with E-state index in [1.807, 2.05) is 32.2 Å². The molecule has 0 N–H and O–H groups in total. The van der Waals surface area contributed by atoms with E-state index >= 15 is 0 Å². The van der Waals surface area contributed by atoms with Crippen molar-refractivity contribution in [3.05, 3.63) is 53.0 Å². The Kier molecular flexibility index (Phi) is 4.25. The molecular weight excluding hydrogens is 302 g/mol. The fourth-order valence-corrected chi connectivity index (χ4v) is 2.94. The number of aryl methyl sites for hydroxylation is 3. The Morgan fingerprint density at radius 3 is 2.42 bits per heavy atom. The average Bonchev–Trinajstić information content (AvgIpc) is 3.08. The summed E-state index contributed by atoms with van der Waals surface area (Å²) in [5.41, 5.74) is 6.14. The number of aliphatic imine (C=N–C) groups is 1. The van der Waals surface area contributed by atoms with E-state index in [0.717, 1.165) is 45.4 Å². The number of rotatable bonds is 4. The minimum Gasteiger partial charge on any atom is -0.497 e. The Labute approximate surface area is 141 Å². The lowest BCUT2D eigenvalue weighted by molar-refractivity contribution is 0.393. The molecule has 0 aliphatic carbocycles. The molecular formula is C19H21N3O2. The van der Waals surface area contributed by atoms with Gasteiger partial charge < -0.3 is 13.8 Å². The summed E-state index contributed by atoms with van der Waals surface area (Å²) < 4.78 is 12.8. The molecule has 0 bridgehead atoms. The van der Waals surface area contributed by atoms with Crippen LogP contribution in [0, 0.1) is 20.8 Å². The Morgan fingerprint density at radius 1 is 1.17 bits per heavy atom. The van der Waals surface area contributed by atoms with Crippen LogP contribution in [0.15, 0.2) is 39.8 Å². The Hall–Kier alpha value is -2.82. The van der Waals surface area contributed by atoms with Crippen molar-refractivity contribution < 1.29 is 9.26 Å². The molecule has 0 saturated heterocycles. The van der Waals surface area contributed by atoms with Crippen molar-refractivity contribution in [2.45, 2.75) is 20.8 Å². The van der Waals surface area contributed by atoms with Gasteiger partial charge in [0.25, 0.3) is 0 Å². The molecule has 0 radical (unpaired) electrons. The highest BCUT2D eigenvalue weighted by atomic mass is 16.5. The number of methoxy groups -OCH3 is 1. The molecule has 0 aliphatic heterocycles. The third kappa shape index (κ3) is 2.62. The summed E-state index contributed by atoms with van der Waals surface area (Å²) in [4.78, 5) is 4.21. The van der Waals surface area contributed by atoms with E-state index in [1.165, 1.54) is 0 Å². The van der Waals surface area contributed by atoms with Crippen LogP contribution in [0.5, 0.6) is 5.75 Å². The van der Waals surface area contributed by atoms with E-state index in [9.17, 15) is 0 Å². The maximum atomic E-state index is 5.38. The van der Waals surface area contributed by atoms with Crippen LogP contribution in [0.2, 0.25) is 0 Å². The first-order valence-corrected chi connectivity index (χ1v) is 7.79. The molecule has 3 rings (SSSR count). The van der Waals surface area contributed by atoms with Gasteiger partial charge in [0.05, 0.1) is 18.5 Å². The first kappa shape index (κ1) is 16.1. The first-order chi connectivity index (χ1) is 11.6. The highest BCUT2D eigenvalue weighted by Gasteiger charge is 2.20. The minimum absolute atomic E-state index is 0.781. The topological polar surface area (TPSA) is 52.5 Å². The summed E-state index contributed by atoms with van der Waals surface area (Å²) in [7, 11) is 3.44. The van der Waals surface area contributed by atoms with Crippen molar-refractivity contribution in [2.75, 3.05) is 14.2 Å². The molecule has 1 aromatic carbocycles. The highest BCUT2D eigenvalue weighted by molar-refractivity contribution is 5.84. The van der Waals surface area contributed by atoms with Crippen molar-refractivity contribution in [2.24, 2.45) is 4.99 Å². The lowest BCUT2D eigenvalue weighted by Gasteiger charge is -2.12. The zero-order valence-corrected chi connectivity index (χ0v) is 14.6. The Morgan fingerprint density at radius 2 is 1.88 bits per heavy atom. The third-order valence-electron chi connectivity index (χ3n) is 4.10. The molecule has 5 nitrogen and oxygen atoms in total. The average molecular weight is 323 g/mol. The van der Waals surface area contributed by atoms with E-state index in [2.05, 4.69) is 39.8 Å². The van der Waals surface area contributed by atoms with Crippen LogP contribution in [0.3, 0.4) is 0 Å². The predicted molar refractivity (Wildman–Crippen MR) is 95.5 cm³/mol. The van der Waals surface area contributed by atoms with Gasteiger partial charge in [0.1, 0.15) is 17.1 Å². The lowest BCUT2D eigenvalue weighted by atomic mass is 10.1. The van der Waals surface area contributed by atoms with Crippen molar-refractivity contribution in [3.63, 3.8) is 0 Å². The number of ether oxygens (including phenoxy) is 1. The summed E-state index contributed by atoms with van der Waals surface area (Å²) in [6, 6.07) is 10.2. The molecule has 5 heteroatoms. The quantitative estimate of drug-likeness (QED) is 0.679. The molecule has 0 atom stereocenters. The van der Waals surface area contributed by atoms with E-state index in [1.54, 1.807) is 14.2 Å². The zero-order chi connectivity index (χ0) is 17.3. The molecule has 0 saturated carbocycles. The molecule has 2 aromatic heterocycles. The van der Waals surface area contributed by atoms with Crippen LogP contribution in [0.4, 0.5) is 0 Å². The first-order valence-electron chi connectivity index (χ1n) is 7.79. The Bertz CT molecular complexity index is 867. The van der Waals surface area contributed by atoms with E-state index < -0.39 is 0 Å². The molecule has 2 heterocycles. The summed E-state index contributed by atoms with van der Waals surface area (Å²) in [5.74, 6) is 1.62. The molecule has 124 valence electrons. The maximum absolute atomic E-state index is 5.38. The summed E-state index contributed by atoms with van der Waals surface area (Å²) in [6.45, 7) is 5.96. The van der Waals surface area contributed by atoms with Gasteiger partial charge in [-0.2, -0.15) is 0 Å². The number of benzene rings is 1. The molecule has 0 aliphatic rings. The van der Waals surface area contributed by atoms with Gasteiger partial charge in [-0.3, -0.25) is 4.99 Å². The van der Waals surface area contributed by atoms with Crippen molar-refractivity contribution in [3.8, 4) is 22.7 Å². The number of hydrogen-bond acceptors (Lipinski definition) is 4. The predicted octanol–water partition coefficient (Wildman–Crippen LogP) is 4.11. The maximum Gasteiger partial charge on any atom is 0.157 e. The van der Waals surface area contributed by atoms with Crippen LogP contribution in [-0.2, 0) is 0 Å². The molecule has 3 aromatic rings. The number of nitrogens with zero attached hydrogens (tertiary/aromatic N) is 3. The molecule has 0 fully saturated rings. The van der Waals surface area contributed by atoms with Crippen LogP contribution in [-0.4, -0.2) is 30.1 Å². The van der Waals surface area contributed by atoms with E-state index in [0.29, 0.717) is 0 Å². The number of hydrogen-bond donors (Lipinski definition) is 0. The largest absolute Gasteiger partial charge is 0.497 e. The second kappa shape index (κ2) is 6.35. The van der Waals surface area contributed by atoms with Crippen molar-refractivity contribution >= 4 is 6.21 Å². The van der Waals surface area contributed by atoms with Crippen LogP contribution in [0.25, 0.3) is 16.9 Å². The zero-order valence-electron chi connectivity index (χ0n) is 14.6. The van der Waals surface area contributed by atoms with Crippen LogP contribution >= 0.6 is 0 Å². The van der Waals surface area contributed by atoms with Gasteiger partial charge in [-0.1, -0.05) is 5.16 Å². The monoisotopic (exact) mass is 323 g/mol. The lowest BCUT2D eigenvalue weighted by Crippen LogP contribution is -2.04. The van der Waals surface area contributed by atoms with Gasteiger partial charge in [0.15, 0.2) is 5.76 Å². The standard InChI is InChI=1S/C19H21N3O2/c1-12-10-17(15-6-8-16(23-5)9-7-15)22(18(12)11-20-4)19-13(2)21-24-14(19)3/h6-11H,1-5H3. The number of aromatic nitrogens is 2. The second-order valence-corrected chi connectivity index (χ2v) is 5.72. The van der Waals surface area contributed by atoms with Crippen molar-refractivity contribution in [1.82, 2.24) is 9.72 Å². The fraction of sp³-hybridized carbons (Fsp3) is 0.263. The van der Waals surface area contributed by atoms with Gasteiger partial charge >= 0.3 is 0 Å². The van der Waals surface area contributed by atoms with Gasteiger partial charge in [0.2, 0.25) is 0 Å². The molecule has 0 unspecified atom stereocenters. The summed E-state index contributed by atoms with van der Waals surface area (Å²) >= 11 is 0. The Balaban J connectivity index is 2.28.